The Morgan fingerprint density at radius 2 is 2.15 bits per heavy atom. The highest BCUT2D eigenvalue weighted by Crippen LogP contribution is 2.33. The first-order valence-electron chi connectivity index (χ1n) is 6.28. The fourth-order valence-electron chi connectivity index (χ4n) is 1.80. The van der Waals surface area contributed by atoms with Gasteiger partial charge in [0.2, 0.25) is 10.0 Å². The Kier molecular flexibility index (Phi) is 4.52. The fourth-order valence-corrected chi connectivity index (χ4v) is 2.91. The monoisotopic (exact) mass is 301 g/mol. The lowest BCUT2D eigenvalue weighted by Crippen LogP contribution is -2.28. The molecule has 1 N–H and O–H groups in total. The maximum atomic E-state index is 13.7. The van der Waals surface area contributed by atoms with Crippen molar-refractivity contribution in [1.29, 1.82) is 0 Å². The minimum Gasteiger partial charge on any atom is -0.383 e. The Morgan fingerprint density at radius 1 is 1.45 bits per heavy atom. The van der Waals surface area contributed by atoms with Gasteiger partial charge >= 0.3 is 0 Å². The second-order valence-corrected chi connectivity index (χ2v) is 6.41. The Bertz CT molecular complexity index is 611. The SMILES string of the molecule is COCCNS(=O)(=O)c1cc(C(=O)C2CC2)ccc1F. The topological polar surface area (TPSA) is 72.5 Å². The number of hydrogen-bond donors (Lipinski definition) is 1. The summed E-state index contributed by atoms with van der Waals surface area (Å²) in [4.78, 5) is 11.4. The summed E-state index contributed by atoms with van der Waals surface area (Å²) in [5.41, 5.74) is 0.237. The van der Waals surface area contributed by atoms with E-state index < -0.39 is 20.7 Å². The molecule has 0 radical (unpaired) electrons. The number of Topliss-reactive ketones (excluding diaryl/α,β-unsaturated/α-hetero) is 1. The van der Waals surface area contributed by atoms with Gasteiger partial charge in [0.05, 0.1) is 6.61 Å². The van der Waals surface area contributed by atoms with Crippen molar-refractivity contribution in [3.63, 3.8) is 0 Å². The van der Waals surface area contributed by atoms with Crippen LogP contribution < -0.4 is 4.72 Å². The Hall–Kier alpha value is -1.31. The summed E-state index contributed by atoms with van der Waals surface area (Å²) in [7, 11) is -2.55. The van der Waals surface area contributed by atoms with Crippen molar-refractivity contribution in [2.45, 2.75) is 17.7 Å². The van der Waals surface area contributed by atoms with E-state index >= 15 is 0 Å². The number of benzene rings is 1. The molecule has 1 aromatic carbocycles. The number of hydrogen-bond acceptors (Lipinski definition) is 4. The number of halogens is 1. The molecule has 0 unspecified atom stereocenters. The molecule has 1 saturated carbocycles. The van der Waals surface area contributed by atoms with Gasteiger partial charge in [0.25, 0.3) is 0 Å². The highest BCUT2D eigenvalue weighted by Gasteiger charge is 2.31. The van der Waals surface area contributed by atoms with E-state index in [1.807, 2.05) is 0 Å². The Morgan fingerprint density at radius 3 is 2.75 bits per heavy atom. The van der Waals surface area contributed by atoms with Crippen molar-refractivity contribution in [2.75, 3.05) is 20.3 Å². The number of ether oxygens (including phenoxy) is 1. The number of carbonyl (C=O) groups excluding carboxylic acids is 1. The van der Waals surface area contributed by atoms with E-state index in [4.69, 9.17) is 4.74 Å². The minimum absolute atomic E-state index is 0.0407. The fraction of sp³-hybridized carbons (Fsp3) is 0.462. The summed E-state index contributed by atoms with van der Waals surface area (Å²) in [5, 5.41) is 0. The van der Waals surface area contributed by atoms with E-state index in [1.165, 1.54) is 13.2 Å². The van der Waals surface area contributed by atoms with Crippen LogP contribution in [-0.2, 0) is 14.8 Å². The predicted octanol–water partition coefficient (Wildman–Crippen LogP) is 1.34. The molecule has 20 heavy (non-hydrogen) atoms. The molecule has 1 aliphatic rings. The molecule has 110 valence electrons. The lowest BCUT2D eigenvalue weighted by Gasteiger charge is -2.09. The summed E-state index contributed by atoms with van der Waals surface area (Å²) in [5.74, 6) is -1.04. The molecule has 0 spiro atoms. The summed E-state index contributed by atoms with van der Waals surface area (Å²) < 4.78 is 44.6. The average molecular weight is 301 g/mol. The Labute approximate surface area is 117 Å². The number of sulfonamides is 1. The molecule has 0 aromatic heterocycles. The molecule has 7 heteroatoms. The molecule has 1 aliphatic carbocycles. The minimum atomic E-state index is -3.98. The predicted molar refractivity (Wildman–Crippen MR) is 70.5 cm³/mol. The van der Waals surface area contributed by atoms with Gasteiger partial charge in [0.1, 0.15) is 10.7 Å². The number of nitrogens with one attached hydrogen (secondary N) is 1. The third-order valence-electron chi connectivity index (χ3n) is 3.05. The van der Waals surface area contributed by atoms with Gasteiger partial charge in [-0.3, -0.25) is 4.79 Å². The van der Waals surface area contributed by atoms with E-state index in [0.29, 0.717) is 0 Å². The van der Waals surface area contributed by atoms with Crippen LogP contribution in [0.15, 0.2) is 23.1 Å². The van der Waals surface area contributed by atoms with Gasteiger partial charge in [-0.25, -0.2) is 17.5 Å². The average Bonchev–Trinajstić information content (AvgIpc) is 3.22. The molecule has 1 aromatic rings. The van der Waals surface area contributed by atoms with Gasteiger partial charge in [0.15, 0.2) is 5.78 Å². The van der Waals surface area contributed by atoms with Crippen molar-refractivity contribution >= 4 is 15.8 Å². The van der Waals surface area contributed by atoms with E-state index in [1.54, 1.807) is 0 Å². The molecule has 0 bridgehead atoms. The first-order chi connectivity index (χ1) is 9.45. The number of ketones is 1. The van der Waals surface area contributed by atoms with Crippen LogP contribution in [0.2, 0.25) is 0 Å². The van der Waals surface area contributed by atoms with Gasteiger partial charge in [-0.05, 0) is 31.0 Å². The van der Waals surface area contributed by atoms with E-state index in [0.717, 1.165) is 25.0 Å². The third-order valence-corrected chi connectivity index (χ3v) is 4.53. The van der Waals surface area contributed by atoms with Crippen molar-refractivity contribution in [1.82, 2.24) is 4.72 Å². The molecular weight excluding hydrogens is 285 g/mol. The van der Waals surface area contributed by atoms with Gasteiger partial charge in [-0.15, -0.1) is 0 Å². The Balaban J connectivity index is 2.25. The van der Waals surface area contributed by atoms with Crippen LogP contribution >= 0.6 is 0 Å². The second kappa shape index (κ2) is 5.99. The highest BCUT2D eigenvalue weighted by atomic mass is 32.2. The van der Waals surface area contributed by atoms with Gasteiger partial charge in [0, 0.05) is 25.1 Å². The van der Waals surface area contributed by atoms with Crippen molar-refractivity contribution < 1.29 is 22.3 Å². The van der Waals surface area contributed by atoms with Crippen LogP contribution in [0, 0.1) is 11.7 Å². The van der Waals surface area contributed by atoms with Crippen molar-refractivity contribution in [3.05, 3.63) is 29.6 Å². The molecule has 0 atom stereocenters. The molecular formula is C13H16FNO4S. The molecule has 5 nitrogen and oxygen atoms in total. The lowest BCUT2D eigenvalue weighted by atomic mass is 10.1. The molecule has 1 fully saturated rings. The van der Waals surface area contributed by atoms with Crippen LogP contribution in [0.1, 0.15) is 23.2 Å². The van der Waals surface area contributed by atoms with Crippen LogP contribution in [0.25, 0.3) is 0 Å². The van der Waals surface area contributed by atoms with Crippen LogP contribution in [0.4, 0.5) is 4.39 Å². The van der Waals surface area contributed by atoms with Gasteiger partial charge < -0.3 is 4.74 Å². The quantitative estimate of drug-likeness (QED) is 0.609. The standard InChI is InChI=1S/C13H16FNO4S/c1-19-7-6-15-20(17,18)12-8-10(4-5-11(12)14)13(16)9-2-3-9/h4-5,8-9,15H,2-3,6-7H2,1H3. The number of carbonyl (C=O) groups is 1. The van der Waals surface area contributed by atoms with Crippen molar-refractivity contribution in [3.8, 4) is 0 Å². The normalized spacial score (nSPS) is 15.3. The molecule has 0 saturated heterocycles. The van der Waals surface area contributed by atoms with E-state index in [-0.39, 0.29) is 30.4 Å². The lowest BCUT2D eigenvalue weighted by molar-refractivity contribution is 0.0967. The zero-order chi connectivity index (χ0) is 14.8. The van der Waals surface area contributed by atoms with E-state index in [9.17, 15) is 17.6 Å². The first-order valence-corrected chi connectivity index (χ1v) is 7.76. The number of rotatable bonds is 7. The summed E-state index contributed by atoms with van der Waals surface area (Å²) in [6, 6.07) is 3.44. The van der Waals surface area contributed by atoms with Crippen molar-refractivity contribution in [2.24, 2.45) is 5.92 Å². The second-order valence-electron chi connectivity index (χ2n) is 4.67. The van der Waals surface area contributed by atoms with Crippen LogP contribution in [0.5, 0.6) is 0 Å². The summed E-state index contributed by atoms with van der Waals surface area (Å²) in [6.07, 6.45) is 1.62. The summed E-state index contributed by atoms with van der Waals surface area (Å²) >= 11 is 0. The van der Waals surface area contributed by atoms with Gasteiger partial charge in [-0.1, -0.05) is 0 Å². The smallest absolute Gasteiger partial charge is 0.243 e. The highest BCUT2D eigenvalue weighted by molar-refractivity contribution is 7.89. The maximum absolute atomic E-state index is 13.7. The largest absolute Gasteiger partial charge is 0.383 e. The molecule has 0 heterocycles. The zero-order valence-corrected chi connectivity index (χ0v) is 11.9. The zero-order valence-electron chi connectivity index (χ0n) is 11.1. The molecule has 0 aliphatic heterocycles. The molecule has 0 amide bonds. The maximum Gasteiger partial charge on any atom is 0.243 e. The van der Waals surface area contributed by atoms with Crippen LogP contribution in [0.3, 0.4) is 0 Å². The molecule has 2 rings (SSSR count). The van der Waals surface area contributed by atoms with Crippen LogP contribution in [-0.4, -0.2) is 34.5 Å². The van der Waals surface area contributed by atoms with E-state index in [2.05, 4.69) is 4.72 Å². The third kappa shape index (κ3) is 3.41. The number of methoxy groups -OCH3 is 1. The first kappa shape index (κ1) is 15.1. The van der Waals surface area contributed by atoms with Gasteiger partial charge in [-0.2, -0.15) is 0 Å². The summed E-state index contributed by atoms with van der Waals surface area (Å²) in [6.45, 7) is 0.223.